The number of halogens is 1. The number of benzene rings is 2. The molecule has 0 unspecified atom stereocenters. The molecule has 0 radical (unpaired) electrons. The van der Waals surface area contributed by atoms with Crippen molar-refractivity contribution >= 4 is 23.2 Å². The Labute approximate surface area is 204 Å². The number of carbonyl (C=O) groups is 2. The molecule has 5 nitrogen and oxygen atoms in total. The molecule has 0 bridgehead atoms. The molecule has 34 heavy (non-hydrogen) atoms. The van der Waals surface area contributed by atoms with Gasteiger partial charge in [0.15, 0.2) is 0 Å². The van der Waals surface area contributed by atoms with Crippen LogP contribution < -0.4 is 4.74 Å². The highest BCUT2D eigenvalue weighted by Crippen LogP contribution is 2.21. The Kier molecular flexibility index (Phi) is 9.22. The molecule has 180 valence electrons. The van der Waals surface area contributed by atoms with Crippen LogP contribution in [0.25, 0.3) is 0 Å². The van der Waals surface area contributed by atoms with E-state index in [9.17, 15) is 14.0 Å². The van der Waals surface area contributed by atoms with Crippen LogP contribution in [0.2, 0.25) is 0 Å². The van der Waals surface area contributed by atoms with Gasteiger partial charge in [-0.25, -0.2) is 4.39 Å². The van der Waals surface area contributed by atoms with Gasteiger partial charge in [-0.3, -0.25) is 9.59 Å². The van der Waals surface area contributed by atoms with Gasteiger partial charge in [0, 0.05) is 23.5 Å². The summed E-state index contributed by atoms with van der Waals surface area (Å²) in [6, 6.07) is 15.2. The van der Waals surface area contributed by atoms with Crippen LogP contribution in [0.5, 0.6) is 5.75 Å². The van der Waals surface area contributed by atoms with E-state index in [1.165, 1.54) is 12.1 Å². The third-order valence-electron chi connectivity index (χ3n) is 5.65. The molecule has 2 amide bonds. The quantitative estimate of drug-likeness (QED) is 0.354. The number of aryl methyl sites for hydroxylation is 1. The standard InChI is InChI=1S/C27H31FN2O3S/c1-4-5-14-29(27(32)22-7-6-8-24(16-22)33-3)19-26(31)30(18-25-20(2)13-15-34-25)17-21-9-11-23(28)12-10-21/h6-13,15-16H,4-5,14,17-19H2,1-3H3. The first-order chi connectivity index (χ1) is 16.4. The normalized spacial score (nSPS) is 10.7. The van der Waals surface area contributed by atoms with Crippen molar-refractivity contribution in [3.63, 3.8) is 0 Å². The maximum Gasteiger partial charge on any atom is 0.254 e. The summed E-state index contributed by atoms with van der Waals surface area (Å²) < 4.78 is 18.7. The molecule has 0 fully saturated rings. The highest BCUT2D eigenvalue weighted by atomic mass is 32.1. The van der Waals surface area contributed by atoms with E-state index in [0.29, 0.717) is 30.9 Å². The van der Waals surface area contributed by atoms with Gasteiger partial charge in [-0.2, -0.15) is 0 Å². The van der Waals surface area contributed by atoms with Gasteiger partial charge in [-0.15, -0.1) is 11.3 Å². The van der Waals surface area contributed by atoms with Crippen molar-refractivity contribution < 1.29 is 18.7 Å². The van der Waals surface area contributed by atoms with E-state index in [4.69, 9.17) is 4.74 Å². The van der Waals surface area contributed by atoms with E-state index in [0.717, 1.165) is 28.8 Å². The van der Waals surface area contributed by atoms with Crippen molar-refractivity contribution in [3.05, 3.63) is 87.4 Å². The zero-order valence-electron chi connectivity index (χ0n) is 19.9. The van der Waals surface area contributed by atoms with Gasteiger partial charge < -0.3 is 14.5 Å². The molecule has 1 aromatic heterocycles. The Bertz CT molecular complexity index is 1100. The summed E-state index contributed by atoms with van der Waals surface area (Å²) in [7, 11) is 1.56. The van der Waals surface area contributed by atoms with E-state index in [1.54, 1.807) is 64.6 Å². The van der Waals surface area contributed by atoms with Crippen molar-refractivity contribution in [2.45, 2.75) is 39.8 Å². The fourth-order valence-corrected chi connectivity index (χ4v) is 4.51. The number of rotatable bonds is 11. The van der Waals surface area contributed by atoms with Crippen LogP contribution in [0.3, 0.4) is 0 Å². The van der Waals surface area contributed by atoms with Gasteiger partial charge in [0.25, 0.3) is 5.91 Å². The molecule has 0 spiro atoms. The summed E-state index contributed by atoms with van der Waals surface area (Å²) in [4.78, 5) is 31.3. The second-order valence-electron chi connectivity index (χ2n) is 8.22. The minimum atomic E-state index is -0.314. The fourth-order valence-electron chi connectivity index (χ4n) is 3.59. The van der Waals surface area contributed by atoms with Crippen LogP contribution in [0, 0.1) is 12.7 Å². The number of thiophene rings is 1. The first-order valence-electron chi connectivity index (χ1n) is 11.4. The monoisotopic (exact) mass is 482 g/mol. The minimum absolute atomic E-state index is 0.0261. The second kappa shape index (κ2) is 12.3. The van der Waals surface area contributed by atoms with Crippen LogP contribution >= 0.6 is 11.3 Å². The number of nitrogens with zero attached hydrogens (tertiary/aromatic N) is 2. The fraction of sp³-hybridized carbons (Fsp3) is 0.333. The number of ether oxygens (including phenoxy) is 1. The smallest absolute Gasteiger partial charge is 0.254 e. The molecule has 0 saturated heterocycles. The number of methoxy groups -OCH3 is 1. The van der Waals surface area contributed by atoms with Crippen LogP contribution in [-0.2, 0) is 17.9 Å². The lowest BCUT2D eigenvalue weighted by atomic mass is 10.1. The molecule has 0 aliphatic heterocycles. The van der Waals surface area contributed by atoms with Crippen molar-refractivity contribution in [2.75, 3.05) is 20.2 Å². The summed E-state index contributed by atoms with van der Waals surface area (Å²) in [5.41, 5.74) is 2.45. The molecular formula is C27H31FN2O3S. The van der Waals surface area contributed by atoms with Crippen LogP contribution in [-0.4, -0.2) is 41.8 Å². The van der Waals surface area contributed by atoms with E-state index >= 15 is 0 Å². The molecule has 0 aliphatic carbocycles. The molecule has 0 N–H and O–H groups in total. The van der Waals surface area contributed by atoms with E-state index < -0.39 is 0 Å². The van der Waals surface area contributed by atoms with Crippen molar-refractivity contribution in [2.24, 2.45) is 0 Å². The van der Waals surface area contributed by atoms with Crippen molar-refractivity contribution in [1.82, 2.24) is 9.80 Å². The third-order valence-corrected chi connectivity index (χ3v) is 6.66. The first-order valence-corrected chi connectivity index (χ1v) is 12.3. The summed E-state index contributed by atoms with van der Waals surface area (Å²) in [6.45, 7) is 5.31. The highest BCUT2D eigenvalue weighted by molar-refractivity contribution is 7.10. The Hall–Kier alpha value is -3.19. The molecule has 0 atom stereocenters. The minimum Gasteiger partial charge on any atom is -0.497 e. The van der Waals surface area contributed by atoms with Gasteiger partial charge in [0.1, 0.15) is 18.1 Å². The molecule has 2 aromatic carbocycles. The first kappa shape index (κ1) is 25.4. The molecule has 3 aromatic rings. The maximum atomic E-state index is 13.5. The Morgan fingerprint density at radius 3 is 2.44 bits per heavy atom. The average molecular weight is 483 g/mol. The number of amides is 2. The molecule has 7 heteroatoms. The average Bonchev–Trinajstić information content (AvgIpc) is 3.26. The van der Waals surface area contributed by atoms with Crippen LogP contribution in [0.1, 0.15) is 46.1 Å². The van der Waals surface area contributed by atoms with E-state index in [2.05, 4.69) is 6.92 Å². The van der Waals surface area contributed by atoms with Gasteiger partial charge in [-0.05, 0) is 66.2 Å². The topological polar surface area (TPSA) is 49.9 Å². The number of unbranched alkanes of at least 4 members (excludes halogenated alkanes) is 1. The summed E-state index contributed by atoms with van der Waals surface area (Å²) >= 11 is 1.60. The van der Waals surface area contributed by atoms with Gasteiger partial charge in [0.2, 0.25) is 5.91 Å². The van der Waals surface area contributed by atoms with Gasteiger partial charge >= 0.3 is 0 Å². The Morgan fingerprint density at radius 1 is 1.03 bits per heavy atom. The third kappa shape index (κ3) is 6.90. The number of carbonyl (C=O) groups excluding carboxylic acids is 2. The van der Waals surface area contributed by atoms with Crippen LogP contribution in [0.4, 0.5) is 4.39 Å². The Balaban J connectivity index is 1.82. The predicted molar refractivity (Wildman–Crippen MR) is 134 cm³/mol. The predicted octanol–water partition coefficient (Wildman–Crippen LogP) is 5.68. The van der Waals surface area contributed by atoms with Crippen molar-refractivity contribution in [1.29, 1.82) is 0 Å². The number of hydrogen-bond acceptors (Lipinski definition) is 4. The molecule has 0 saturated carbocycles. The summed E-state index contributed by atoms with van der Waals surface area (Å²) in [5, 5.41) is 2.01. The molecular weight excluding hydrogens is 451 g/mol. The zero-order valence-corrected chi connectivity index (χ0v) is 20.7. The molecule has 3 rings (SSSR count). The lowest BCUT2D eigenvalue weighted by molar-refractivity contribution is -0.133. The molecule has 0 aliphatic rings. The highest BCUT2D eigenvalue weighted by Gasteiger charge is 2.23. The second-order valence-corrected chi connectivity index (χ2v) is 9.22. The molecule has 1 heterocycles. The summed E-state index contributed by atoms with van der Waals surface area (Å²) in [5.74, 6) is -0.0664. The lowest BCUT2D eigenvalue weighted by Gasteiger charge is -2.28. The van der Waals surface area contributed by atoms with Gasteiger partial charge in [-0.1, -0.05) is 31.5 Å². The zero-order chi connectivity index (χ0) is 24.5. The maximum absolute atomic E-state index is 13.5. The number of hydrogen-bond donors (Lipinski definition) is 0. The summed E-state index contributed by atoms with van der Waals surface area (Å²) in [6.07, 6.45) is 1.70. The Morgan fingerprint density at radius 2 is 1.79 bits per heavy atom. The van der Waals surface area contributed by atoms with E-state index in [1.807, 2.05) is 18.4 Å². The van der Waals surface area contributed by atoms with Crippen LogP contribution in [0.15, 0.2) is 60.0 Å². The lowest BCUT2D eigenvalue weighted by Crippen LogP contribution is -2.43. The SMILES string of the molecule is CCCCN(CC(=O)N(Cc1ccc(F)cc1)Cc1sccc1C)C(=O)c1cccc(OC)c1. The largest absolute Gasteiger partial charge is 0.497 e. The van der Waals surface area contributed by atoms with Crippen molar-refractivity contribution in [3.8, 4) is 5.75 Å². The van der Waals surface area contributed by atoms with E-state index in [-0.39, 0.29) is 24.2 Å². The van der Waals surface area contributed by atoms with Gasteiger partial charge in [0.05, 0.1) is 13.7 Å².